The lowest BCUT2D eigenvalue weighted by Crippen LogP contribution is -2.38. The zero-order valence-corrected chi connectivity index (χ0v) is 13.0. The molecule has 0 radical (unpaired) electrons. The molecule has 4 nitrogen and oxygen atoms in total. The maximum absolute atomic E-state index is 12.4. The van der Waals surface area contributed by atoms with Crippen LogP contribution < -0.4 is 10.2 Å². The van der Waals surface area contributed by atoms with Gasteiger partial charge in [-0.3, -0.25) is 4.79 Å². The van der Waals surface area contributed by atoms with Crippen LogP contribution in [0.2, 0.25) is 0 Å². The van der Waals surface area contributed by atoms with Crippen LogP contribution in [0.4, 0.5) is 5.69 Å². The number of carbonyl (C=O) groups is 1. The molecule has 22 heavy (non-hydrogen) atoms. The summed E-state index contributed by atoms with van der Waals surface area (Å²) in [6, 6.07) is 8.42. The fourth-order valence-corrected chi connectivity index (χ4v) is 4.32. The Hall–Kier alpha value is -1.55. The van der Waals surface area contributed by atoms with Crippen LogP contribution in [-0.4, -0.2) is 38.3 Å². The highest BCUT2D eigenvalue weighted by Gasteiger charge is 2.40. The van der Waals surface area contributed by atoms with Crippen LogP contribution in [0.15, 0.2) is 24.3 Å². The average molecular weight is 300 g/mol. The summed E-state index contributed by atoms with van der Waals surface area (Å²) >= 11 is 0. The Morgan fingerprint density at radius 1 is 1.09 bits per heavy atom. The summed E-state index contributed by atoms with van der Waals surface area (Å²) < 4.78 is 5.38. The predicted molar refractivity (Wildman–Crippen MR) is 86.2 cm³/mol. The first-order chi connectivity index (χ1) is 10.8. The quantitative estimate of drug-likeness (QED) is 0.932. The highest BCUT2D eigenvalue weighted by molar-refractivity contribution is 5.94. The number of rotatable bonds is 3. The van der Waals surface area contributed by atoms with E-state index in [0.717, 1.165) is 43.7 Å². The van der Waals surface area contributed by atoms with Gasteiger partial charge < -0.3 is 15.0 Å². The molecule has 0 unspecified atom stereocenters. The highest BCUT2D eigenvalue weighted by Crippen LogP contribution is 2.44. The number of fused-ring (bicyclic) bond motifs is 2. The van der Waals surface area contributed by atoms with Crippen molar-refractivity contribution in [1.82, 2.24) is 5.32 Å². The molecule has 3 fully saturated rings. The fourth-order valence-electron chi connectivity index (χ4n) is 4.32. The zero-order chi connectivity index (χ0) is 14.9. The summed E-state index contributed by atoms with van der Waals surface area (Å²) in [5, 5.41) is 3.25. The molecule has 1 aromatic carbocycles. The van der Waals surface area contributed by atoms with Crippen LogP contribution in [0.5, 0.6) is 0 Å². The molecule has 3 aliphatic rings. The maximum Gasteiger partial charge on any atom is 0.251 e. The zero-order valence-electron chi connectivity index (χ0n) is 13.0. The van der Waals surface area contributed by atoms with Gasteiger partial charge in [0, 0.05) is 30.4 Å². The average Bonchev–Trinajstić information content (AvgIpc) is 3.19. The van der Waals surface area contributed by atoms with Crippen molar-refractivity contribution in [1.29, 1.82) is 0 Å². The van der Waals surface area contributed by atoms with Gasteiger partial charge in [-0.05, 0) is 55.4 Å². The number of hydrogen-bond donors (Lipinski definition) is 1. The van der Waals surface area contributed by atoms with Gasteiger partial charge in [-0.2, -0.15) is 0 Å². The lowest BCUT2D eigenvalue weighted by Gasteiger charge is -2.29. The summed E-state index contributed by atoms with van der Waals surface area (Å²) in [6.07, 6.45) is 5.17. The third kappa shape index (κ3) is 2.72. The van der Waals surface area contributed by atoms with Crippen LogP contribution in [0.1, 0.15) is 36.0 Å². The Morgan fingerprint density at radius 2 is 1.86 bits per heavy atom. The van der Waals surface area contributed by atoms with Crippen molar-refractivity contribution in [2.45, 2.75) is 31.7 Å². The number of morpholine rings is 1. The van der Waals surface area contributed by atoms with Crippen LogP contribution in [-0.2, 0) is 4.74 Å². The van der Waals surface area contributed by atoms with E-state index in [9.17, 15) is 4.79 Å². The molecule has 0 spiro atoms. The van der Waals surface area contributed by atoms with Gasteiger partial charge in [0.2, 0.25) is 0 Å². The molecule has 1 N–H and O–H groups in total. The van der Waals surface area contributed by atoms with E-state index in [0.29, 0.717) is 6.04 Å². The Balaban J connectivity index is 1.38. The Morgan fingerprint density at radius 3 is 2.50 bits per heavy atom. The van der Waals surface area contributed by atoms with Crippen LogP contribution in [0.3, 0.4) is 0 Å². The van der Waals surface area contributed by atoms with E-state index in [1.807, 2.05) is 12.1 Å². The van der Waals surface area contributed by atoms with Crippen molar-refractivity contribution < 1.29 is 9.53 Å². The summed E-state index contributed by atoms with van der Waals surface area (Å²) in [5.41, 5.74) is 1.96. The Kier molecular flexibility index (Phi) is 3.78. The third-order valence-electron chi connectivity index (χ3n) is 5.56. The molecule has 4 heteroatoms. The van der Waals surface area contributed by atoms with Crippen molar-refractivity contribution in [2.75, 3.05) is 31.2 Å². The summed E-state index contributed by atoms with van der Waals surface area (Å²) in [6.45, 7) is 3.42. The maximum atomic E-state index is 12.4. The number of benzene rings is 1. The van der Waals surface area contributed by atoms with Crippen molar-refractivity contribution in [2.24, 2.45) is 11.8 Å². The third-order valence-corrected chi connectivity index (χ3v) is 5.56. The SMILES string of the molecule is O=C(N[C@H]1C[C@H]2CC[C@H]1C2)c1ccc(N2CCOCC2)cc1. The first-order valence-corrected chi connectivity index (χ1v) is 8.53. The molecule has 2 aliphatic carbocycles. The minimum Gasteiger partial charge on any atom is -0.378 e. The lowest BCUT2D eigenvalue weighted by molar-refractivity contribution is 0.0923. The first-order valence-electron chi connectivity index (χ1n) is 8.53. The van der Waals surface area contributed by atoms with Crippen molar-refractivity contribution in [3.8, 4) is 0 Å². The highest BCUT2D eigenvalue weighted by atomic mass is 16.5. The van der Waals surface area contributed by atoms with Crippen molar-refractivity contribution in [3.63, 3.8) is 0 Å². The van der Waals surface area contributed by atoms with E-state index in [2.05, 4.69) is 22.3 Å². The van der Waals surface area contributed by atoms with E-state index < -0.39 is 0 Å². The number of hydrogen-bond acceptors (Lipinski definition) is 3. The molecular formula is C18H24N2O2. The van der Waals surface area contributed by atoms with Gasteiger partial charge in [0.05, 0.1) is 13.2 Å². The van der Waals surface area contributed by atoms with Crippen LogP contribution in [0, 0.1) is 11.8 Å². The van der Waals surface area contributed by atoms with Gasteiger partial charge in [0.1, 0.15) is 0 Å². The molecule has 118 valence electrons. The predicted octanol–water partition coefficient (Wildman–Crippen LogP) is 2.44. The fraction of sp³-hybridized carbons (Fsp3) is 0.611. The largest absolute Gasteiger partial charge is 0.378 e. The lowest BCUT2D eigenvalue weighted by atomic mass is 9.95. The molecule has 1 aliphatic heterocycles. The monoisotopic (exact) mass is 300 g/mol. The number of nitrogens with zero attached hydrogens (tertiary/aromatic N) is 1. The van der Waals surface area contributed by atoms with Gasteiger partial charge >= 0.3 is 0 Å². The molecule has 1 heterocycles. The Bertz CT molecular complexity index is 537. The molecule has 1 aromatic rings. The minimum atomic E-state index is 0.0890. The second kappa shape index (κ2) is 5.92. The topological polar surface area (TPSA) is 41.6 Å². The number of nitrogens with one attached hydrogen (secondary N) is 1. The first kappa shape index (κ1) is 14.1. The molecule has 4 rings (SSSR count). The molecule has 3 atom stereocenters. The standard InChI is InChI=1S/C18H24N2O2/c21-18(19-17-12-13-1-2-15(17)11-13)14-3-5-16(6-4-14)20-7-9-22-10-8-20/h3-6,13,15,17H,1-2,7-12H2,(H,19,21)/t13-,15-,17-/m0/s1. The van der Waals surface area contributed by atoms with Gasteiger partial charge in [-0.15, -0.1) is 0 Å². The van der Waals surface area contributed by atoms with Gasteiger partial charge in [-0.25, -0.2) is 0 Å². The summed E-state index contributed by atoms with van der Waals surface area (Å²) in [7, 11) is 0. The number of ether oxygens (including phenoxy) is 1. The number of carbonyl (C=O) groups excluding carboxylic acids is 1. The van der Waals surface area contributed by atoms with Gasteiger partial charge in [-0.1, -0.05) is 6.42 Å². The molecule has 1 amide bonds. The molecule has 2 saturated carbocycles. The smallest absolute Gasteiger partial charge is 0.251 e. The Labute approximate surface area is 131 Å². The minimum absolute atomic E-state index is 0.0890. The van der Waals surface area contributed by atoms with E-state index >= 15 is 0 Å². The molecule has 1 saturated heterocycles. The summed E-state index contributed by atoms with van der Waals surface area (Å²) in [5.74, 6) is 1.67. The molecular weight excluding hydrogens is 276 g/mol. The van der Waals surface area contributed by atoms with E-state index in [4.69, 9.17) is 4.74 Å². The number of amides is 1. The molecule has 0 aromatic heterocycles. The van der Waals surface area contributed by atoms with Crippen molar-refractivity contribution >= 4 is 11.6 Å². The van der Waals surface area contributed by atoms with E-state index in [-0.39, 0.29) is 5.91 Å². The van der Waals surface area contributed by atoms with Gasteiger partial charge in [0.25, 0.3) is 5.91 Å². The van der Waals surface area contributed by atoms with E-state index in [1.165, 1.54) is 31.4 Å². The number of anilines is 1. The molecule has 2 bridgehead atoms. The van der Waals surface area contributed by atoms with Gasteiger partial charge in [0.15, 0.2) is 0 Å². The van der Waals surface area contributed by atoms with Crippen LogP contribution in [0.25, 0.3) is 0 Å². The second-order valence-corrected chi connectivity index (χ2v) is 6.90. The van der Waals surface area contributed by atoms with Crippen LogP contribution >= 0.6 is 0 Å². The normalized spacial score (nSPS) is 30.5. The summed E-state index contributed by atoms with van der Waals surface area (Å²) in [4.78, 5) is 14.7. The van der Waals surface area contributed by atoms with Crippen molar-refractivity contribution in [3.05, 3.63) is 29.8 Å². The second-order valence-electron chi connectivity index (χ2n) is 6.90. The van der Waals surface area contributed by atoms with E-state index in [1.54, 1.807) is 0 Å².